The van der Waals surface area contributed by atoms with Crippen LogP contribution in [0.1, 0.15) is 24.3 Å². The van der Waals surface area contributed by atoms with E-state index in [1.54, 1.807) is 0 Å². The summed E-state index contributed by atoms with van der Waals surface area (Å²) in [5, 5.41) is 13.6. The zero-order chi connectivity index (χ0) is 16.0. The van der Waals surface area contributed by atoms with Gasteiger partial charge in [-0.3, -0.25) is 10.1 Å². The fourth-order valence-electron chi connectivity index (χ4n) is 3.14. The lowest BCUT2D eigenvalue weighted by Crippen LogP contribution is -2.00. The number of pyridine rings is 1. The van der Waals surface area contributed by atoms with Crippen molar-refractivity contribution in [2.45, 2.75) is 18.8 Å². The fourth-order valence-corrected chi connectivity index (χ4v) is 3.14. The Labute approximate surface area is 132 Å². The summed E-state index contributed by atoms with van der Waals surface area (Å²) in [6, 6.07) is 13.5. The highest BCUT2D eigenvalue weighted by molar-refractivity contribution is 6.00. The normalized spacial score (nSPS) is 14.1. The fraction of sp³-hybridized carbons (Fsp3) is 0.167. The van der Waals surface area contributed by atoms with Gasteiger partial charge in [0.05, 0.1) is 4.92 Å². The zero-order valence-corrected chi connectivity index (χ0v) is 12.4. The molecular weight excluding hydrogens is 290 g/mol. The van der Waals surface area contributed by atoms with Gasteiger partial charge in [-0.15, -0.1) is 0 Å². The van der Waals surface area contributed by atoms with Crippen molar-refractivity contribution in [3.05, 3.63) is 64.3 Å². The predicted octanol–water partition coefficient (Wildman–Crippen LogP) is 4.27. The third kappa shape index (κ3) is 2.21. The predicted molar refractivity (Wildman–Crippen MR) is 90.2 cm³/mol. The summed E-state index contributed by atoms with van der Waals surface area (Å²) in [5.41, 5.74) is 8.21. The molecule has 5 heteroatoms. The molecule has 1 aromatic heterocycles. The number of fused-ring (bicyclic) bond motifs is 1. The number of nitrogen functional groups attached to an aromatic ring is 1. The highest BCUT2D eigenvalue weighted by Crippen LogP contribution is 2.45. The van der Waals surface area contributed by atoms with Crippen LogP contribution in [0, 0.1) is 10.1 Å². The van der Waals surface area contributed by atoms with Crippen molar-refractivity contribution in [3.8, 4) is 11.3 Å². The van der Waals surface area contributed by atoms with Gasteiger partial charge >= 0.3 is 5.69 Å². The van der Waals surface area contributed by atoms with Gasteiger partial charge in [-0.05, 0) is 41.2 Å². The van der Waals surface area contributed by atoms with Crippen LogP contribution in [-0.2, 0) is 0 Å². The van der Waals surface area contributed by atoms with Gasteiger partial charge in [-0.1, -0.05) is 36.4 Å². The van der Waals surface area contributed by atoms with E-state index >= 15 is 0 Å². The van der Waals surface area contributed by atoms with Crippen LogP contribution in [0.5, 0.6) is 0 Å². The molecule has 114 valence electrons. The Balaban J connectivity index is 2.03. The van der Waals surface area contributed by atoms with E-state index in [9.17, 15) is 10.1 Å². The molecule has 0 saturated heterocycles. The van der Waals surface area contributed by atoms with Crippen LogP contribution in [0.15, 0.2) is 48.7 Å². The minimum Gasteiger partial charge on any atom is -0.393 e. The highest BCUT2D eigenvalue weighted by Gasteiger charge is 2.27. The second-order valence-electron chi connectivity index (χ2n) is 5.88. The minimum absolute atomic E-state index is 0.128. The first-order valence-corrected chi connectivity index (χ1v) is 7.57. The van der Waals surface area contributed by atoms with E-state index in [1.807, 2.05) is 24.3 Å². The molecular formula is C18H15N3O2. The van der Waals surface area contributed by atoms with E-state index in [2.05, 4.69) is 17.1 Å². The first kappa shape index (κ1) is 13.7. The van der Waals surface area contributed by atoms with Crippen molar-refractivity contribution in [3.63, 3.8) is 0 Å². The summed E-state index contributed by atoms with van der Waals surface area (Å²) >= 11 is 0. The molecule has 0 aliphatic heterocycles. The molecule has 0 atom stereocenters. The Bertz CT molecular complexity index is 933. The molecule has 1 fully saturated rings. The molecule has 0 amide bonds. The lowest BCUT2D eigenvalue weighted by atomic mass is 9.94. The maximum atomic E-state index is 11.4. The molecule has 1 aliphatic rings. The Morgan fingerprint density at radius 2 is 1.83 bits per heavy atom. The number of nitrogens with zero attached hydrogens (tertiary/aromatic N) is 2. The van der Waals surface area contributed by atoms with Crippen molar-refractivity contribution < 1.29 is 4.92 Å². The quantitative estimate of drug-likeness (QED) is 0.578. The van der Waals surface area contributed by atoms with Gasteiger partial charge in [0.1, 0.15) is 5.69 Å². The Kier molecular flexibility index (Phi) is 3.01. The van der Waals surface area contributed by atoms with E-state index in [-0.39, 0.29) is 11.4 Å². The van der Waals surface area contributed by atoms with E-state index in [4.69, 9.17) is 5.73 Å². The van der Waals surface area contributed by atoms with Gasteiger partial charge in [0, 0.05) is 11.8 Å². The largest absolute Gasteiger partial charge is 0.393 e. The number of hydrogen-bond acceptors (Lipinski definition) is 4. The number of nitrogens with two attached hydrogens (primary N) is 1. The van der Waals surface area contributed by atoms with Gasteiger partial charge < -0.3 is 5.73 Å². The van der Waals surface area contributed by atoms with Crippen LogP contribution in [0.25, 0.3) is 22.0 Å². The standard InChI is InChI=1S/C18H15N3O2/c19-16-9-10-20-17(18(16)21(22)23)15-8-7-12(11-5-6-11)13-3-1-2-4-14(13)15/h1-4,7-11H,5-6H2,(H2,19,20). The second-order valence-corrected chi connectivity index (χ2v) is 5.88. The van der Waals surface area contributed by atoms with Gasteiger partial charge in [0.25, 0.3) is 0 Å². The third-order valence-corrected chi connectivity index (χ3v) is 4.37. The molecule has 0 bridgehead atoms. The molecule has 2 aromatic carbocycles. The summed E-state index contributed by atoms with van der Waals surface area (Å²) in [4.78, 5) is 15.2. The Morgan fingerprint density at radius 3 is 2.52 bits per heavy atom. The Morgan fingerprint density at radius 1 is 1.09 bits per heavy atom. The lowest BCUT2D eigenvalue weighted by molar-refractivity contribution is -0.383. The minimum atomic E-state index is -0.457. The molecule has 4 rings (SSSR count). The average Bonchev–Trinajstić information content (AvgIpc) is 3.38. The van der Waals surface area contributed by atoms with Crippen molar-refractivity contribution >= 4 is 22.1 Å². The molecule has 2 N–H and O–H groups in total. The number of nitro groups is 1. The monoisotopic (exact) mass is 305 g/mol. The average molecular weight is 305 g/mol. The number of aromatic nitrogens is 1. The molecule has 3 aromatic rings. The lowest BCUT2D eigenvalue weighted by Gasteiger charge is -2.11. The maximum absolute atomic E-state index is 11.4. The molecule has 23 heavy (non-hydrogen) atoms. The van der Waals surface area contributed by atoms with E-state index < -0.39 is 4.92 Å². The Hall–Kier alpha value is -2.95. The molecule has 1 aliphatic carbocycles. The third-order valence-electron chi connectivity index (χ3n) is 4.37. The first-order chi connectivity index (χ1) is 11.2. The summed E-state index contributed by atoms with van der Waals surface area (Å²) in [6.07, 6.45) is 3.93. The van der Waals surface area contributed by atoms with Crippen LogP contribution >= 0.6 is 0 Å². The highest BCUT2D eigenvalue weighted by atomic mass is 16.6. The number of hydrogen-bond donors (Lipinski definition) is 1. The van der Waals surface area contributed by atoms with Gasteiger partial charge in [-0.2, -0.15) is 0 Å². The molecule has 1 saturated carbocycles. The van der Waals surface area contributed by atoms with E-state index in [0.717, 1.165) is 16.3 Å². The summed E-state index contributed by atoms with van der Waals surface area (Å²) < 4.78 is 0. The summed E-state index contributed by atoms with van der Waals surface area (Å²) in [5.74, 6) is 0.609. The molecule has 0 unspecified atom stereocenters. The van der Waals surface area contributed by atoms with Crippen molar-refractivity contribution in [2.24, 2.45) is 0 Å². The van der Waals surface area contributed by atoms with Crippen LogP contribution in [0.2, 0.25) is 0 Å². The number of anilines is 1. The van der Waals surface area contributed by atoms with Crippen LogP contribution in [0.3, 0.4) is 0 Å². The van der Waals surface area contributed by atoms with Crippen molar-refractivity contribution in [1.82, 2.24) is 4.98 Å². The zero-order valence-electron chi connectivity index (χ0n) is 12.4. The van der Waals surface area contributed by atoms with Crippen molar-refractivity contribution in [1.29, 1.82) is 0 Å². The molecule has 1 heterocycles. The van der Waals surface area contributed by atoms with Gasteiger partial charge in [0.15, 0.2) is 5.69 Å². The van der Waals surface area contributed by atoms with Crippen LogP contribution in [-0.4, -0.2) is 9.91 Å². The summed E-state index contributed by atoms with van der Waals surface area (Å²) in [6.45, 7) is 0. The van der Waals surface area contributed by atoms with Gasteiger partial charge in [-0.25, -0.2) is 4.98 Å². The molecule has 0 radical (unpaired) electrons. The topological polar surface area (TPSA) is 82.0 Å². The maximum Gasteiger partial charge on any atom is 0.318 e. The smallest absolute Gasteiger partial charge is 0.318 e. The SMILES string of the molecule is Nc1ccnc(-c2ccc(C3CC3)c3ccccc23)c1[N+](=O)[O-]. The van der Waals surface area contributed by atoms with Crippen molar-refractivity contribution in [2.75, 3.05) is 5.73 Å². The first-order valence-electron chi connectivity index (χ1n) is 7.57. The van der Waals surface area contributed by atoms with E-state index in [0.29, 0.717) is 11.6 Å². The molecule has 0 spiro atoms. The second kappa shape index (κ2) is 5.05. The number of benzene rings is 2. The summed E-state index contributed by atoms with van der Waals surface area (Å²) in [7, 11) is 0. The van der Waals surface area contributed by atoms with E-state index in [1.165, 1.54) is 30.7 Å². The van der Waals surface area contributed by atoms with Gasteiger partial charge in [0.2, 0.25) is 0 Å². The van der Waals surface area contributed by atoms with Crippen LogP contribution in [0.4, 0.5) is 11.4 Å². The molecule has 5 nitrogen and oxygen atoms in total. The number of rotatable bonds is 3. The van der Waals surface area contributed by atoms with Crippen LogP contribution < -0.4 is 5.73 Å².